The number of ether oxygens (including phenoxy) is 3. The molecular formula is C19H21N3O5. The largest absolute Gasteiger partial charge is 0.507 e. The molecule has 8 nitrogen and oxygen atoms in total. The van der Waals surface area contributed by atoms with Crippen LogP contribution in [0.25, 0.3) is 0 Å². The first kappa shape index (κ1) is 18.4. The Labute approximate surface area is 156 Å². The Morgan fingerprint density at radius 3 is 2.85 bits per heavy atom. The van der Waals surface area contributed by atoms with E-state index in [1.165, 1.54) is 12.3 Å². The summed E-state index contributed by atoms with van der Waals surface area (Å²) in [7, 11) is 0. The van der Waals surface area contributed by atoms with Crippen LogP contribution in [0.4, 0.5) is 5.69 Å². The fourth-order valence-corrected chi connectivity index (χ4v) is 2.38. The van der Waals surface area contributed by atoms with Crippen LogP contribution in [0.1, 0.15) is 19.4 Å². The lowest BCUT2D eigenvalue weighted by Gasteiger charge is -2.10. The molecule has 0 aromatic heterocycles. The van der Waals surface area contributed by atoms with Gasteiger partial charge in [-0.05, 0) is 38.1 Å². The molecule has 2 aromatic carbocycles. The number of carbonyl (C=O) groups excluding carboxylic acids is 1. The monoisotopic (exact) mass is 371 g/mol. The Morgan fingerprint density at radius 2 is 2.07 bits per heavy atom. The van der Waals surface area contributed by atoms with Crippen LogP contribution in [0.3, 0.4) is 0 Å². The van der Waals surface area contributed by atoms with Crippen molar-refractivity contribution in [1.29, 1.82) is 0 Å². The SMILES string of the molecule is CC(C)Oc1ccc(/C=N\NC(=O)CNc2ccc3c(c2)OCO3)c(O)c1. The van der Waals surface area contributed by atoms with Gasteiger partial charge in [-0.2, -0.15) is 5.10 Å². The average Bonchev–Trinajstić information content (AvgIpc) is 3.09. The average molecular weight is 371 g/mol. The highest BCUT2D eigenvalue weighted by Crippen LogP contribution is 2.34. The van der Waals surface area contributed by atoms with E-state index in [-0.39, 0.29) is 31.1 Å². The van der Waals surface area contributed by atoms with Gasteiger partial charge in [0.15, 0.2) is 11.5 Å². The van der Waals surface area contributed by atoms with Crippen LogP contribution < -0.4 is 25.0 Å². The Balaban J connectivity index is 1.48. The van der Waals surface area contributed by atoms with Gasteiger partial charge in [0.1, 0.15) is 11.5 Å². The standard InChI is InChI=1S/C19H21N3O5/c1-12(2)27-15-5-3-13(16(23)8-15)9-21-22-19(24)10-20-14-4-6-17-18(7-14)26-11-25-17/h3-9,12,20,23H,10-11H2,1-2H3,(H,22,24)/b21-9-. The molecule has 1 amide bonds. The van der Waals surface area contributed by atoms with E-state index in [2.05, 4.69) is 15.8 Å². The van der Waals surface area contributed by atoms with Gasteiger partial charge in [-0.15, -0.1) is 0 Å². The number of hydrazone groups is 1. The van der Waals surface area contributed by atoms with Crippen molar-refractivity contribution in [2.45, 2.75) is 20.0 Å². The molecule has 0 radical (unpaired) electrons. The molecule has 0 spiro atoms. The van der Waals surface area contributed by atoms with Gasteiger partial charge in [0.2, 0.25) is 6.79 Å². The number of nitrogens with zero attached hydrogens (tertiary/aromatic N) is 1. The third-order valence-corrected chi connectivity index (χ3v) is 3.59. The van der Waals surface area contributed by atoms with E-state index >= 15 is 0 Å². The first-order chi connectivity index (χ1) is 13.0. The Kier molecular flexibility index (Phi) is 5.65. The minimum atomic E-state index is -0.330. The normalized spacial score (nSPS) is 12.4. The molecule has 1 aliphatic heterocycles. The summed E-state index contributed by atoms with van der Waals surface area (Å²) in [5.41, 5.74) is 3.60. The summed E-state index contributed by atoms with van der Waals surface area (Å²) in [5, 5.41) is 16.8. The maximum absolute atomic E-state index is 11.9. The maximum atomic E-state index is 11.9. The molecule has 0 fully saturated rings. The van der Waals surface area contributed by atoms with Crippen LogP contribution in [0.5, 0.6) is 23.0 Å². The van der Waals surface area contributed by atoms with Crippen molar-refractivity contribution in [3.8, 4) is 23.0 Å². The summed E-state index contributed by atoms with van der Waals surface area (Å²) in [6.07, 6.45) is 1.38. The summed E-state index contributed by atoms with van der Waals surface area (Å²) in [6.45, 7) is 4.04. The van der Waals surface area contributed by atoms with Crippen molar-refractivity contribution < 1.29 is 24.1 Å². The molecule has 3 rings (SSSR count). The van der Waals surface area contributed by atoms with Crippen molar-refractivity contribution in [1.82, 2.24) is 5.43 Å². The van der Waals surface area contributed by atoms with Gasteiger partial charge < -0.3 is 24.6 Å². The molecule has 1 aliphatic rings. The number of carbonyl (C=O) groups is 1. The molecule has 8 heteroatoms. The summed E-state index contributed by atoms with van der Waals surface area (Å²) in [4.78, 5) is 11.9. The van der Waals surface area contributed by atoms with Crippen molar-refractivity contribution >= 4 is 17.8 Å². The van der Waals surface area contributed by atoms with E-state index < -0.39 is 0 Å². The molecule has 0 unspecified atom stereocenters. The number of aromatic hydroxyl groups is 1. The van der Waals surface area contributed by atoms with Gasteiger partial charge in [-0.25, -0.2) is 5.43 Å². The maximum Gasteiger partial charge on any atom is 0.259 e. The molecule has 3 N–H and O–H groups in total. The molecule has 142 valence electrons. The topological polar surface area (TPSA) is 101 Å². The van der Waals surface area contributed by atoms with Crippen molar-refractivity contribution in [3.05, 3.63) is 42.0 Å². The molecule has 0 atom stereocenters. The number of rotatable bonds is 7. The van der Waals surface area contributed by atoms with E-state index in [1.807, 2.05) is 13.8 Å². The van der Waals surface area contributed by atoms with Crippen LogP contribution in [0.15, 0.2) is 41.5 Å². The smallest absolute Gasteiger partial charge is 0.259 e. The van der Waals surface area contributed by atoms with Crippen molar-refractivity contribution in [2.75, 3.05) is 18.7 Å². The molecule has 27 heavy (non-hydrogen) atoms. The van der Waals surface area contributed by atoms with Gasteiger partial charge in [0.25, 0.3) is 5.91 Å². The fraction of sp³-hybridized carbons (Fsp3) is 0.263. The number of nitrogens with one attached hydrogen (secondary N) is 2. The van der Waals surface area contributed by atoms with Crippen LogP contribution in [-0.4, -0.2) is 36.7 Å². The number of hydrogen-bond donors (Lipinski definition) is 3. The lowest BCUT2D eigenvalue weighted by molar-refractivity contribution is -0.119. The van der Waals surface area contributed by atoms with Gasteiger partial charge in [0, 0.05) is 23.4 Å². The van der Waals surface area contributed by atoms with Gasteiger partial charge >= 0.3 is 0 Å². The first-order valence-electron chi connectivity index (χ1n) is 8.46. The van der Waals surface area contributed by atoms with Gasteiger partial charge in [-0.1, -0.05) is 0 Å². The highest BCUT2D eigenvalue weighted by molar-refractivity contribution is 5.86. The number of phenols is 1. The Morgan fingerprint density at radius 1 is 1.26 bits per heavy atom. The zero-order chi connectivity index (χ0) is 19.2. The number of benzene rings is 2. The second-order valence-electron chi connectivity index (χ2n) is 6.10. The molecular weight excluding hydrogens is 350 g/mol. The number of anilines is 1. The number of phenolic OH excluding ortho intramolecular Hbond substituents is 1. The van der Waals surface area contributed by atoms with Crippen LogP contribution in [0.2, 0.25) is 0 Å². The summed E-state index contributed by atoms with van der Waals surface area (Å²) in [5.74, 6) is 1.57. The van der Waals surface area contributed by atoms with E-state index in [4.69, 9.17) is 14.2 Å². The predicted octanol–water partition coefficient (Wildman–Crippen LogP) is 2.47. The number of amides is 1. The lowest BCUT2D eigenvalue weighted by Crippen LogP contribution is -2.25. The zero-order valence-electron chi connectivity index (χ0n) is 15.1. The highest BCUT2D eigenvalue weighted by atomic mass is 16.7. The van der Waals surface area contributed by atoms with Gasteiger partial charge in [0.05, 0.1) is 18.9 Å². The van der Waals surface area contributed by atoms with Gasteiger partial charge in [-0.3, -0.25) is 4.79 Å². The second-order valence-corrected chi connectivity index (χ2v) is 6.10. The van der Waals surface area contributed by atoms with Crippen molar-refractivity contribution in [2.24, 2.45) is 5.10 Å². The molecule has 0 saturated heterocycles. The summed E-state index contributed by atoms with van der Waals surface area (Å²) >= 11 is 0. The molecule has 2 aromatic rings. The lowest BCUT2D eigenvalue weighted by atomic mass is 10.2. The van der Waals surface area contributed by atoms with E-state index in [1.54, 1.807) is 30.3 Å². The minimum absolute atomic E-state index is 0.0143. The Bertz CT molecular complexity index is 851. The summed E-state index contributed by atoms with van der Waals surface area (Å²) in [6, 6.07) is 10.2. The molecule has 0 saturated carbocycles. The van der Waals surface area contributed by atoms with Crippen LogP contribution in [0, 0.1) is 0 Å². The third-order valence-electron chi connectivity index (χ3n) is 3.59. The first-order valence-corrected chi connectivity index (χ1v) is 8.46. The van der Waals surface area contributed by atoms with Crippen molar-refractivity contribution in [3.63, 3.8) is 0 Å². The third kappa shape index (κ3) is 5.04. The van der Waals surface area contributed by atoms with E-state index in [0.717, 1.165) is 5.69 Å². The minimum Gasteiger partial charge on any atom is -0.507 e. The number of fused-ring (bicyclic) bond motifs is 1. The zero-order valence-corrected chi connectivity index (χ0v) is 15.1. The van der Waals surface area contributed by atoms with E-state index in [9.17, 15) is 9.90 Å². The molecule has 0 aliphatic carbocycles. The number of hydrogen-bond acceptors (Lipinski definition) is 7. The second kappa shape index (κ2) is 8.31. The van der Waals surface area contributed by atoms with Crippen LogP contribution >= 0.6 is 0 Å². The quantitative estimate of drug-likeness (QED) is 0.511. The highest BCUT2D eigenvalue weighted by Gasteiger charge is 2.13. The molecule has 1 heterocycles. The van der Waals surface area contributed by atoms with Crippen LogP contribution in [-0.2, 0) is 4.79 Å². The Hall–Kier alpha value is -3.42. The fourth-order valence-electron chi connectivity index (χ4n) is 2.38. The summed E-state index contributed by atoms with van der Waals surface area (Å²) < 4.78 is 16.0. The predicted molar refractivity (Wildman–Crippen MR) is 101 cm³/mol. The molecule has 0 bridgehead atoms. The van der Waals surface area contributed by atoms with E-state index in [0.29, 0.717) is 22.8 Å².